The van der Waals surface area contributed by atoms with Crippen LogP contribution in [0.25, 0.3) is 21.7 Å². The molecule has 1 aromatic heterocycles. The van der Waals surface area contributed by atoms with E-state index in [0.717, 1.165) is 10.8 Å². The summed E-state index contributed by atoms with van der Waals surface area (Å²) < 4.78 is 0. The van der Waals surface area contributed by atoms with Crippen molar-refractivity contribution in [1.82, 2.24) is 4.98 Å². The molecule has 17 heavy (non-hydrogen) atoms. The van der Waals surface area contributed by atoms with Crippen LogP contribution in [0.15, 0.2) is 53.3 Å². The molecule has 3 nitrogen and oxygen atoms in total. The SMILES string of the molecule is Nc1ccc(=O)c2c(ccc3ccccc32)n1. The Kier molecular flexibility index (Phi) is 2.05. The van der Waals surface area contributed by atoms with E-state index in [1.165, 1.54) is 12.1 Å². The lowest BCUT2D eigenvalue weighted by Crippen LogP contribution is -1.95. The summed E-state index contributed by atoms with van der Waals surface area (Å²) in [5.41, 5.74) is 6.25. The molecule has 0 atom stereocenters. The minimum absolute atomic E-state index is 0.0546. The lowest BCUT2D eigenvalue weighted by atomic mass is 10.1. The number of nitrogens with zero attached hydrogens (tertiary/aromatic N) is 1. The molecule has 0 spiro atoms. The van der Waals surface area contributed by atoms with E-state index in [0.29, 0.717) is 16.7 Å². The second-order valence-corrected chi connectivity index (χ2v) is 3.92. The molecule has 3 heteroatoms. The van der Waals surface area contributed by atoms with Crippen molar-refractivity contribution in [1.29, 1.82) is 0 Å². The molecule has 0 aliphatic heterocycles. The Bertz CT molecular complexity index is 781. The van der Waals surface area contributed by atoms with Gasteiger partial charge in [0, 0.05) is 0 Å². The van der Waals surface area contributed by atoms with Crippen molar-refractivity contribution in [3.05, 3.63) is 58.8 Å². The average Bonchev–Trinajstić information content (AvgIpc) is 2.49. The summed E-state index contributed by atoms with van der Waals surface area (Å²) >= 11 is 0. The third-order valence-electron chi connectivity index (χ3n) is 2.81. The molecule has 0 aliphatic rings. The van der Waals surface area contributed by atoms with E-state index in [2.05, 4.69) is 4.98 Å². The minimum Gasteiger partial charge on any atom is -0.384 e. The Morgan fingerprint density at radius 3 is 2.65 bits per heavy atom. The molecule has 0 bridgehead atoms. The fourth-order valence-corrected chi connectivity index (χ4v) is 2.03. The van der Waals surface area contributed by atoms with Crippen LogP contribution in [0, 0.1) is 0 Å². The highest BCUT2D eigenvalue weighted by atomic mass is 16.1. The molecule has 3 rings (SSSR count). The summed E-state index contributed by atoms with van der Waals surface area (Å²) in [5.74, 6) is 0.354. The largest absolute Gasteiger partial charge is 0.384 e. The third-order valence-corrected chi connectivity index (χ3v) is 2.81. The molecule has 1 heterocycles. The molecular formula is C14H10N2O. The van der Waals surface area contributed by atoms with Gasteiger partial charge < -0.3 is 5.73 Å². The van der Waals surface area contributed by atoms with E-state index in [9.17, 15) is 4.79 Å². The van der Waals surface area contributed by atoms with Gasteiger partial charge in [-0.05, 0) is 29.0 Å². The first-order valence-corrected chi connectivity index (χ1v) is 5.34. The second-order valence-electron chi connectivity index (χ2n) is 3.92. The third kappa shape index (κ3) is 1.52. The number of benzene rings is 2. The van der Waals surface area contributed by atoms with Crippen molar-refractivity contribution in [2.75, 3.05) is 5.73 Å². The molecule has 0 fully saturated rings. The summed E-state index contributed by atoms with van der Waals surface area (Å²) in [4.78, 5) is 16.3. The van der Waals surface area contributed by atoms with Crippen LogP contribution in [0.4, 0.5) is 5.82 Å². The van der Waals surface area contributed by atoms with Gasteiger partial charge in [-0.25, -0.2) is 4.98 Å². The van der Waals surface area contributed by atoms with Gasteiger partial charge in [-0.1, -0.05) is 30.3 Å². The maximum Gasteiger partial charge on any atom is 0.188 e. The van der Waals surface area contributed by atoms with E-state index in [-0.39, 0.29) is 5.43 Å². The van der Waals surface area contributed by atoms with Gasteiger partial charge in [-0.15, -0.1) is 0 Å². The highest BCUT2D eigenvalue weighted by Crippen LogP contribution is 2.21. The predicted octanol–water partition coefficient (Wildman–Crippen LogP) is 2.33. The molecular weight excluding hydrogens is 212 g/mol. The Hall–Kier alpha value is -2.42. The first kappa shape index (κ1) is 9.78. The highest BCUT2D eigenvalue weighted by molar-refractivity contribution is 6.05. The number of rotatable bonds is 0. The summed E-state index contributed by atoms with van der Waals surface area (Å²) in [5, 5.41) is 2.57. The van der Waals surface area contributed by atoms with Crippen molar-refractivity contribution in [2.45, 2.75) is 0 Å². The van der Waals surface area contributed by atoms with Gasteiger partial charge in [0.05, 0.1) is 10.9 Å². The lowest BCUT2D eigenvalue weighted by molar-refractivity contribution is 1.44. The van der Waals surface area contributed by atoms with Crippen LogP contribution in [0.2, 0.25) is 0 Å². The number of hydrogen-bond donors (Lipinski definition) is 1. The molecule has 2 aromatic carbocycles. The quantitative estimate of drug-likeness (QED) is 0.635. The van der Waals surface area contributed by atoms with Crippen molar-refractivity contribution in [2.24, 2.45) is 0 Å². The van der Waals surface area contributed by atoms with Crippen LogP contribution in [0.3, 0.4) is 0 Å². The summed E-state index contributed by atoms with van der Waals surface area (Å²) in [6, 6.07) is 14.6. The topological polar surface area (TPSA) is 56.0 Å². The predicted molar refractivity (Wildman–Crippen MR) is 69.9 cm³/mol. The molecule has 0 unspecified atom stereocenters. The van der Waals surface area contributed by atoms with Crippen molar-refractivity contribution >= 4 is 27.5 Å². The van der Waals surface area contributed by atoms with Crippen LogP contribution in [0.5, 0.6) is 0 Å². The van der Waals surface area contributed by atoms with Crippen molar-refractivity contribution < 1.29 is 0 Å². The van der Waals surface area contributed by atoms with Crippen LogP contribution >= 0.6 is 0 Å². The summed E-state index contributed by atoms with van der Waals surface area (Å²) in [6.07, 6.45) is 0. The first-order valence-electron chi connectivity index (χ1n) is 5.34. The van der Waals surface area contributed by atoms with Crippen LogP contribution in [0.1, 0.15) is 0 Å². The lowest BCUT2D eigenvalue weighted by Gasteiger charge is -1.99. The fraction of sp³-hybridized carbons (Fsp3) is 0. The van der Waals surface area contributed by atoms with Gasteiger partial charge in [0.1, 0.15) is 5.82 Å². The Labute approximate surface area is 97.5 Å². The zero-order valence-corrected chi connectivity index (χ0v) is 9.05. The summed E-state index contributed by atoms with van der Waals surface area (Å²) in [6.45, 7) is 0. The van der Waals surface area contributed by atoms with E-state index in [1.54, 1.807) is 0 Å². The molecule has 0 amide bonds. The standard InChI is InChI=1S/C14H10N2O/c15-13-8-7-12(17)14-10-4-2-1-3-9(10)5-6-11(14)16-13/h1-8H,(H2,15,16). The molecule has 2 N–H and O–H groups in total. The molecule has 82 valence electrons. The van der Waals surface area contributed by atoms with Crippen LogP contribution in [-0.2, 0) is 0 Å². The molecule has 0 saturated heterocycles. The van der Waals surface area contributed by atoms with Crippen molar-refractivity contribution in [3.63, 3.8) is 0 Å². The average molecular weight is 222 g/mol. The highest BCUT2D eigenvalue weighted by Gasteiger charge is 2.03. The fourth-order valence-electron chi connectivity index (χ4n) is 2.03. The minimum atomic E-state index is -0.0546. The Morgan fingerprint density at radius 1 is 0.941 bits per heavy atom. The molecule has 0 aliphatic carbocycles. The van der Waals surface area contributed by atoms with Gasteiger partial charge in [0.25, 0.3) is 0 Å². The maximum absolute atomic E-state index is 12.0. The second kappa shape index (κ2) is 3.56. The van der Waals surface area contributed by atoms with Crippen LogP contribution in [-0.4, -0.2) is 4.98 Å². The summed E-state index contributed by atoms with van der Waals surface area (Å²) in [7, 11) is 0. The number of aromatic nitrogens is 1. The number of nitrogen functional groups attached to an aromatic ring is 1. The van der Waals surface area contributed by atoms with E-state index in [1.807, 2.05) is 36.4 Å². The Morgan fingerprint density at radius 2 is 1.76 bits per heavy atom. The normalized spacial score (nSPS) is 10.8. The number of fused-ring (bicyclic) bond motifs is 3. The monoisotopic (exact) mass is 222 g/mol. The zero-order valence-electron chi connectivity index (χ0n) is 9.05. The van der Waals surface area contributed by atoms with Gasteiger partial charge >= 0.3 is 0 Å². The molecule has 0 radical (unpaired) electrons. The van der Waals surface area contributed by atoms with E-state index in [4.69, 9.17) is 5.73 Å². The van der Waals surface area contributed by atoms with Gasteiger partial charge in [-0.2, -0.15) is 0 Å². The van der Waals surface area contributed by atoms with Gasteiger partial charge in [0.15, 0.2) is 5.43 Å². The molecule has 0 saturated carbocycles. The smallest absolute Gasteiger partial charge is 0.188 e. The van der Waals surface area contributed by atoms with Gasteiger partial charge in [0.2, 0.25) is 0 Å². The van der Waals surface area contributed by atoms with Gasteiger partial charge in [-0.3, -0.25) is 4.79 Å². The maximum atomic E-state index is 12.0. The zero-order chi connectivity index (χ0) is 11.8. The van der Waals surface area contributed by atoms with E-state index >= 15 is 0 Å². The van der Waals surface area contributed by atoms with Crippen LogP contribution < -0.4 is 11.2 Å². The molecule has 3 aromatic rings. The van der Waals surface area contributed by atoms with E-state index < -0.39 is 0 Å². The van der Waals surface area contributed by atoms with Crippen molar-refractivity contribution in [3.8, 4) is 0 Å². The number of hydrogen-bond acceptors (Lipinski definition) is 3. The first-order chi connectivity index (χ1) is 8.25. The Balaban J connectivity index is 2.68. The number of anilines is 1. The number of nitrogens with two attached hydrogens (primary N) is 1.